The number of aliphatic carboxylic acids is 1. The summed E-state index contributed by atoms with van der Waals surface area (Å²) in [4.78, 5) is 22.2. The van der Waals surface area contributed by atoms with Gasteiger partial charge in [0.05, 0.1) is 5.92 Å². The second kappa shape index (κ2) is 8.61. The molecular formula is C12H21NO4. The van der Waals surface area contributed by atoms with Crippen molar-refractivity contribution in [2.45, 2.75) is 26.7 Å². The monoisotopic (exact) mass is 243 g/mol. The molecule has 0 heterocycles. The maximum Gasteiger partial charge on any atom is 0.407 e. The van der Waals surface area contributed by atoms with Gasteiger partial charge in [0.2, 0.25) is 0 Å². The highest BCUT2D eigenvalue weighted by Crippen LogP contribution is 2.19. The van der Waals surface area contributed by atoms with Crippen molar-refractivity contribution in [3.8, 4) is 0 Å². The number of amides is 1. The van der Waals surface area contributed by atoms with E-state index in [-0.39, 0.29) is 19.1 Å². The third-order valence-corrected chi connectivity index (χ3v) is 2.73. The first-order valence-corrected chi connectivity index (χ1v) is 5.81. The van der Waals surface area contributed by atoms with E-state index in [0.29, 0.717) is 0 Å². The van der Waals surface area contributed by atoms with E-state index in [9.17, 15) is 9.59 Å². The van der Waals surface area contributed by atoms with E-state index in [2.05, 4.69) is 11.9 Å². The number of nitrogens with one attached hydrogen (secondary N) is 1. The fourth-order valence-corrected chi connectivity index (χ4v) is 1.69. The number of ether oxygens (including phenoxy) is 1. The van der Waals surface area contributed by atoms with Gasteiger partial charge >= 0.3 is 12.1 Å². The lowest BCUT2D eigenvalue weighted by Gasteiger charge is -2.21. The van der Waals surface area contributed by atoms with E-state index >= 15 is 0 Å². The molecule has 0 aliphatic carbocycles. The fourth-order valence-electron chi connectivity index (χ4n) is 1.69. The molecule has 1 atom stereocenters. The molecule has 0 saturated heterocycles. The quantitative estimate of drug-likeness (QED) is 0.640. The normalized spacial score (nSPS) is 11.9. The maximum atomic E-state index is 11.2. The Bertz CT molecular complexity index is 261. The highest BCUT2D eigenvalue weighted by Gasteiger charge is 2.26. The van der Waals surface area contributed by atoms with Crippen molar-refractivity contribution in [2.75, 3.05) is 13.2 Å². The lowest BCUT2D eigenvalue weighted by Crippen LogP contribution is -2.37. The fraction of sp³-hybridized carbons (Fsp3) is 0.667. The zero-order chi connectivity index (χ0) is 13.3. The van der Waals surface area contributed by atoms with Crippen molar-refractivity contribution in [2.24, 2.45) is 11.8 Å². The van der Waals surface area contributed by atoms with Crippen LogP contribution in [0.2, 0.25) is 0 Å². The average Bonchev–Trinajstić information content (AvgIpc) is 2.31. The Hall–Kier alpha value is -1.52. The van der Waals surface area contributed by atoms with Gasteiger partial charge in [0.1, 0.15) is 6.61 Å². The number of hydrogen-bond acceptors (Lipinski definition) is 3. The molecule has 0 aliphatic heterocycles. The van der Waals surface area contributed by atoms with Crippen LogP contribution in [-0.4, -0.2) is 30.3 Å². The topological polar surface area (TPSA) is 75.6 Å². The van der Waals surface area contributed by atoms with Gasteiger partial charge in [-0.05, 0) is 5.92 Å². The second-order valence-corrected chi connectivity index (χ2v) is 3.79. The molecule has 0 saturated carbocycles. The second-order valence-electron chi connectivity index (χ2n) is 3.79. The van der Waals surface area contributed by atoms with Crippen molar-refractivity contribution in [1.29, 1.82) is 0 Å². The number of carboxylic acids is 1. The highest BCUT2D eigenvalue weighted by atomic mass is 16.5. The number of rotatable bonds is 8. The SMILES string of the molecule is C=CCOC(=O)NCC(C(=O)O)C(CC)CC. The van der Waals surface area contributed by atoms with Crippen molar-refractivity contribution in [1.82, 2.24) is 5.32 Å². The summed E-state index contributed by atoms with van der Waals surface area (Å²) in [6.45, 7) is 7.52. The summed E-state index contributed by atoms with van der Waals surface area (Å²) in [5, 5.41) is 11.5. The summed E-state index contributed by atoms with van der Waals surface area (Å²) < 4.78 is 4.71. The van der Waals surface area contributed by atoms with E-state index in [4.69, 9.17) is 9.84 Å². The molecule has 5 heteroatoms. The summed E-state index contributed by atoms with van der Waals surface area (Å²) in [6.07, 6.45) is 2.39. The molecule has 98 valence electrons. The number of carbonyl (C=O) groups excluding carboxylic acids is 1. The first kappa shape index (κ1) is 15.5. The van der Waals surface area contributed by atoms with Crippen LogP contribution in [0, 0.1) is 11.8 Å². The molecule has 0 aromatic heterocycles. The standard InChI is InChI=1S/C12H21NO4/c1-4-7-17-12(16)13-8-10(11(14)15)9(5-2)6-3/h4,9-10H,1,5-8H2,2-3H3,(H,13,16)(H,14,15). The molecular weight excluding hydrogens is 222 g/mol. The molecule has 0 radical (unpaired) electrons. The van der Waals surface area contributed by atoms with Crippen molar-refractivity contribution >= 4 is 12.1 Å². The van der Waals surface area contributed by atoms with E-state index in [1.54, 1.807) is 0 Å². The molecule has 0 rings (SSSR count). The van der Waals surface area contributed by atoms with Gasteiger partial charge in [0, 0.05) is 6.54 Å². The lowest BCUT2D eigenvalue weighted by molar-refractivity contribution is -0.143. The Kier molecular flexibility index (Phi) is 7.84. The van der Waals surface area contributed by atoms with Gasteiger partial charge in [-0.15, -0.1) is 0 Å². The Morgan fingerprint density at radius 2 is 2.00 bits per heavy atom. The van der Waals surface area contributed by atoms with Crippen LogP contribution in [0.15, 0.2) is 12.7 Å². The first-order chi connectivity index (χ1) is 8.06. The van der Waals surface area contributed by atoms with E-state index in [1.165, 1.54) is 6.08 Å². The van der Waals surface area contributed by atoms with Crippen LogP contribution < -0.4 is 5.32 Å². The maximum absolute atomic E-state index is 11.2. The van der Waals surface area contributed by atoms with E-state index < -0.39 is 18.0 Å². The van der Waals surface area contributed by atoms with Gasteiger partial charge in [-0.25, -0.2) is 4.79 Å². The van der Waals surface area contributed by atoms with E-state index in [1.807, 2.05) is 13.8 Å². The molecule has 2 N–H and O–H groups in total. The summed E-state index contributed by atoms with van der Waals surface area (Å²) in [7, 11) is 0. The molecule has 0 aromatic carbocycles. The van der Waals surface area contributed by atoms with Crippen molar-refractivity contribution in [3.63, 3.8) is 0 Å². The van der Waals surface area contributed by atoms with Gasteiger partial charge in [-0.2, -0.15) is 0 Å². The van der Waals surface area contributed by atoms with Crippen LogP contribution in [0.5, 0.6) is 0 Å². The number of carbonyl (C=O) groups is 2. The average molecular weight is 243 g/mol. The smallest absolute Gasteiger partial charge is 0.407 e. The van der Waals surface area contributed by atoms with Crippen LogP contribution in [0.25, 0.3) is 0 Å². The summed E-state index contributed by atoms with van der Waals surface area (Å²) in [5.74, 6) is -1.39. The molecule has 17 heavy (non-hydrogen) atoms. The van der Waals surface area contributed by atoms with Gasteiger partial charge in [-0.1, -0.05) is 39.3 Å². The van der Waals surface area contributed by atoms with E-state index in [0.717, 1.165) is 12.8 Å². The molecule has 0 spiro atoms. The Morgan fingerprint density at radius 3 is 2.41 bits per heavy atom. The molecule has 0 aliphatic rings. The number of alkyl carbamates (subject to hydrolysis) is 1. The molecule has 1 unspecified atom stereocenters. The summed E-state index contributed by atoms with van der Waals surface area (Å²) in [5.41, 5.74) is 0. The van der Waals surface area contributed by atoms with Crippen LogP contribution in [0.3, 0.4) is 0 Å². The Balaban J connectivity index is 4.22. The predicted molar refractivity (Wildman–Crippen MR) is 64.7 cm³/mol. The molecule has 5 nitrogen and oxygen atoms in total. The van der Waals surface area contributed by atoms with Crippen LogP contribution >= 0.6 is 0 Å². The summed E-state index contributed by atoms with van der Waals surface area (Å²) >= 11 is 0. The number of hydrogen-bond donors (Lipinski definition) is 2. The molecule has 0 aromatic rings. The van der Waals surface area contributed by atoms with Crippen molar-refractivity contribution < 1.29 is 19.4 Å². The highest BCUT2D eigenvalue weighted by molar-refractivity contribution is 5.72. The van der Waals surface area contributed by atoms with Crippen molar-refractivity contribution in [3.05, 3.63) is 12.7 Å². The van der Waals surface area contributed by atoms with Crippen LogP contribution in [0.4, 0.5) is 4.79 Å². The van der Waals surface area contributed by atoms with Gasteiger partial charge in [-0.3, -0.25) is 4.79 Å². The third kappa shape index (κ3) is 5.94. The van der Waals surface area contributed by atoms with Gasteiger partial charge < -0.3 is 15.2 Å². The predicted octanol–water partition coefficient (Wildman–Crippen LogP) is 2.04. The Morgan fingerprint density at radius 1 is 1.41 bits per heavy atom. The molecule has 0 bridgehead atoms. The minimum Gasteiger partial charge on any atom is -0.481 e. The largest absolute Gasteiger partial charge is 0.481 e. The van der Waals surface area contributed by atoms with Crippen LogP contribution in [0.1, 0.15) is 26.7 Å². The molecule has 0 fully saturated rings. The third-order valence-electron chi connectivity index (χ3n) is 2.73. The minimum absolute atomic E-state index is 0.0622. The van der Waals surface area contributed by atoms with Crippen LogP contribution in [-0.2, 0) is 9.53 Å². The number of carboxylic acid groups (broad SMARTS) is 1. The summed E-state index contributed by atoms with van der Waals surface area (Å²) in [6, 6.07) is 0. The zero-order valence-electron chi connectivity index (χ0n) is 10.4. The van der Waals surface area contributed by atoms with Gasteiger partial charge in [0.25, 0.3) is 0 Å². The minimum atomic E-state index is -0.886. The first-order valence-electron chi connectivity index (χ1n) is 5.81. The Labute approximate surface area is 102 Å². The van der Waals surface area contributed by atoms with Gasteiger partial charge in [0.15, 0.2) is 0 Å². The zero-order valence-corrected chi connectivity index (χ0v) is 10.4. The molecule has 1 amide bonds. The lowest BCUT2D eigenvalue weighted by atomic mass is 9.88.